The number of hydrogen-bond acceptors (Lipinski definition) is 1. The Hall–Kier alpha value is -0.300. The zero-order chi connectivity index (χ0) is 8.53. The van der Waals surface area contributed by atoms with E-state index in [9.17, 15) is 0 Å². The SMILES string of the molecule is [CH]=CC(CCCCC)NCC. The van der Waals surface area contributed by atoms with Crippen molar-refractivity contribution in [3.8, 4) is 0 Å². The summed E-state index contributed by atoms with van der Waals surface area (Å²) in [6, 6.07) is 0.423. The molecule has 0 aromatic rings. The minimum atomic E-state index is 0.423. The Balaban J connectivity index is 3.28. The lowest BCUT2D eigenvalue weighted by molar-refractivity contribution is 0.536. The molecule has 1 atom stereocenters. The lowest BCUT2D eigenvalue weighted by Gasteiger charge is -2.11. The van der Waals surface area contributed by atoms with Crippen LogP contribution in [-0.4, -0.2) is 12.6 Å². The summed E-state index contributed by atoms with van der Waals surface area (Å²) in [5, 5.41) is 3.31. The lowest BCUT2D eigenvalue weighted by Crippen LogP contribution is -2.26. The van der Waals surface area contributed by atoms with Crippen molar-refractivity contribution in [1.82, 2.24) is 5.32 Å². The van der Waals surface area contributed by atoms with Gasteiger partial charge in [0.15, 0.2) is 0 Å². The van der Waals surface area contributed by atoms with Gasteiger partial charge in [-0.1, -0.05) is 45.8 Å². The fraction of sp³-hybridized carbons (Fsp3) is 0.800. The highest BCUT2D eigenvalue weighted by molar-refractivity contribution is 4.82. The molecule has 0 fully saturated rings. The van der Waals surface area contributed by atoms with E-state index in [2.05, 4.69) is 19.2 Å². The van der Waals surface area contributed by atoms with Crippen molar-refractivity contribution in [2.75, 3.05) is 6.54 Å². The second-order valence-electron chi connectivity index (χ2n) is 2.85. The predicted molar refractivity (Wildman–Crippen MR) is 50.5 cm³/mol. The van der Waals surface area contributed by atoms with Crippen LogP contribution in [-0.2, 0) is 0 Å². The summed E-state index contributed by atoms with van der Waals surface area (Å²) in [4.78, 5) is 0. The third kappa shape index (κ3) is 6.11. The van der Waals surface area contributed by atoms with Crippen LogP contribution in [0.1, 0.15) is 39.5 Å². The van der Waals surface area contributed by atoms with Gasteiger partial charge < -0.3 is 5.32 Å². The molecule has 0 heterocycles. The van der Waals surface area contributed by atoms with Gasteiger partial charge in [-0.25, -0.2) is 0 Å². The monoisotopic (exact) mass is 154 g/mol. The van der Waals surface area contributed by atoms with E-state index in [0.29, 0.717) is 6.04 Å². The van der Waals surface area contributed by atoms with Gasteiger partial charge in [-0.15, -0.1) is 0 Å². The maximum atomic E-state index is 5.45. The number of likely N-dealkylation sites (N-methyl/N-ethyl adjacent to an activating group) is 1. The van der Waals surface area contributed by atoms with Crippen LogP contribution in [0.4, 0.5) is 0 Å². The second kappa shape index (κ2) is 7.80. The molecule has 0 spiro atoms. The van der Waals surface area contributed by atoms with Crippen LogP contribution in [0.3, 0.4) is 0 Å². The Morgan fingerprint density at radius 3 is 2.55 bits per heavy atom. The molecule has 0 saturated heterocycles. The molecule has 0 bridgehead atoms. The Bertz CT molecular complexity index is 88.9. The van der Waals surface area contributed by atoms with Crippen molar-refractivity contribution in [3.05, 3.63) is 12.7 Å². The molecule has 0 aliphatic heterocycles. The van der Waals surface area contributed by atoms with E-state index in [4.69, 9.17) is 6.58 Å². The quantitative estimate of drug-likeness (QED) is 0.556. The highest BCUT2D eigenvalue weighted by Crippen LogP contribution is 2.03. The molecule has 11 heavy (non-hydrogen) atoms. The summed E-state index contributed by atoms with van der Waals surface area (Å²) in [5.74, 6) is 0. The molecule has 0 aliphatic rings. The highest BCUT2D eigenvalue weighted by Gasteiger charge is 1.99. The van der Waals surface area contributed by atoms with E-state index in [1.807, 2.05) is 0 Å². The first kappa shape index (κ1) is 10.7. The summed E-state index contributed by atoms with van der Waals surface area (Å²) in [7, 11) is 0. The minimum Gasteiger partial charge on any atom is -0.311 e. The molecule has 0 amide bonds. The van der Waals surface area contributed by atoms with Gasteiger partial charge in [0.05, 0.1) is 0 Å². The molecular formula is C10H20N. The van der Waals surface area contributed by atoms with E-state index in [-0.39, 0.29) is 0 Å². The third-order valence-corrected chi connectivity index (χ3v) is 1.82. The predicted octanol–water partition coefficient (Wildman–Crippen LogP) is 2.53. The molecule has 0 aromatic heterocycles. The Morgan fingerprint density at radius 1 is 1.36 bits per heavy atom. The normalized spacial score (nSPS) is 12.9. The minimum absolute atomic E-state index is 0.423. The maximum Gasteiger partial charge on any atom is 0.0252 e. The van der Waals surface area contributed by atoms with E-state index >= 15 is 0 Å². The van der Waals surface area contributed by atoms with Gasteiger partial charge in [0.25, 0.3) is 0 Å². The largest absolute Gasteiger partial charge is 0.311 e. The molecule has 1 nitrogen and oxygen atoms in total. The average molecular weight is 154 g/mol. The number of unbranched alkanes of at least 4 members (excludes halogenated alkanes) is 2. The van der Waals surface area contributed by atoms with Gasteiger partial charge in [0.2, 0.25) is 0 Å². The van der Waals surface area contributed by atoms with E-state index in [0.717, 1.165) is 6.54 Å². The third-order valence-electron chi connectivity index (χ3n) is 1.82. The number of rotatable bonds is 7. The van der Waals surface area contributed by atoms with E-state index < -0.39 is 0 Å². The first-order valence-corrected chi connectivity index (χ1v) is 4.63. The molecule has 0 rings (SSSR count). The molecule has 0 saturated carbocycles. The molecule has 1 radical (unpaired) electrons. The smallest absolute Gasteiger partial charge is 0.0252 e. The van der Waals surface area contributed by atoms with Gasteiger partial charge in [-0.2, -0.15) is 0 Å². The Labute approximate surface area is 70.9 Å². The maximum absolute atomic E-state index is 5.45. The molecule has 1 heteroatoms. The van der Waals surface area contributed by atoms with Gasteiger partial charge in [-0.05, 0) is 13.0 Å². The van der Waals surface area contributed by atoms with Crippen LogP contribution in [0, 0.1) is 6.58 Å². The van der Waals surface area contributed by atoms with Gasteiger partial charge >= 0.3 is 0 Å². The lowest BCUT2D eigenvalue weighted by atomic mass is 10.1. The van der Waals surface area contributed by atoms with Crippen molar-refractivity contribution in [3.63, 3.8) is 0 Å². The Kier molecular flexibility index (Phi) is 7.59. The van der Waals surface area contributed by atoms with Crippen molar-refractivity contribution in [2.24, 2.45) is 0 Å². The van der Waals surface area contributed by atoms with Crippen molar-refractivity contribution < 1.29 is 0 Å². The summed E-state index contributed by atoms with van der Waals surface area (Å²) in [5.41, 5.74) is 0. The highest BCUT2D eigenvalue weighted by atomic mass is 14.9. The van der Waals surface area contributed by atoms with Gasteiger partial charge in [0, 0.05) is 6.04 Å². The number of nitrogens with one attached hydrogen (secondary N) is 1. The van der Waals surface area contributed by atoms with E-state index in [1.165, 1.54) is 25.7 Å². The van der Waals surface area contributed by atoms with Crippen LogP contribution in [0.2, 0.25) is 0 Å². The van der Waals surface area contributed by atoms with Crippen molar-refractivity contribution in [2.45, 2.75) is 45.6 Å². The van der Waals surface area contributed by atoms with Crippen LogP contribution in [0.5, 0.6) is 0 Å². The molecule has 0 aliphatic carbocycles. The van der Waals surface area contributed by atoms with Gasteiger partial charge in [0.1, 0.15) is 0 Å². The average Bonchev–Trinajstić information content (AvgIpc) is 2.03. The Morgan fingerprint density at radius 2 is 2.09 bits per heavy atom. The van der Waals surface area contributed by atoms with Crippen LogP contribution in [0.15, 0.2) is 6.08 Å². The second-order valence-corrected chi connectivity index (χ2v) is 2.85. The van der Waals surface area contributed by atoms with Crippen molar-refractivity contribution in [1.29, 1.82) is 0 Å². The molecule has 65 valence electrons. The van der Waals surface area contributed by atoms with Crippen molar-refractivity contribution >= 4 is 0 Å². The first-order valence-electron chi connectivity index (χ1n) is 4.63. The standard InChI is InChI=1S/C10H20N/c1-4-7-8-9-10(5-2)11-6-3/h2,5,10-11H,4,6-9H2,1,3H3. The van der Waals surface area contributed by atoms with Gasteiger partial charge in [-0.3, -0.25) is 0 Å². The molecule has 1 unspecified atom stereocenters. The zero-order valence-electron chi connectivity index (χ0n) is 7.77. The fourth-order valence-electron chi connectivity index (χ4n) is 1.14. The summed E-state index contributed by atoms with van der Waals surface area (Å²) in [6.07, 6.45) is 6.82. The first-order chi connectivity index (χ1) is 5.35. The molecule has 1 N–H and O–H groups in total. The van der Waals surface area contributed by atoms with Crippen LogP contribution < -0.4 is 5.32 Å². The topological polar surface area (TPSA) is 12.0 Å². The van der Waals surface area contributed by atoms with Crippen LogP contribution >= 0.6 is 0 Å². The van der Waals surface area contributed by atoms with E-state index in [1.54, 1.807) is 6.08 Å². The van der Waals surface area contributed by atoms with Crippen LogP contribution in [0.25, 0.3) is 0 Å². The zero-order valence-corrected chi connectivity index (χ0v) is 7.77. The molecule has 0 aromatic carbocycles. The summed E-state index contributed by atoms with van der Waals surface area (Å²) >= 11 is 0. The number of hydrogen-bond donors (Lipinski definition) is 1. The molecular weight excluding hydrogens is 134 g/mol. The summed E-state index contributed by atoms with van der Waals surface area (Å²) < 4.78 is 0. The fourth-order valence-corrected chi connectivity index (χ4v) is 1.14. The summed E-state index contributed by atoms with van der Waals surface area (Å²) in [6.45, 7) is 10.8.